The van der Waals surface area contributed by atoms with E-state index >= 15 is 0 Å². The van der Waals surface area contributed by atoms with E-state index < -0.39 is 11.6 Å². The van der Waals surface area contributed by atoms with Gasteiger partial charge in [0, 0.05) is 11.3 Å². The van der Waals surface area contributed by atoms with Crippen molar-refractivity contribution in [2.75, 3.05) is 11.2 Å². The summed E-state index contributed by atoms with van der Waals surface area (Å²) in [6, 6.07) is 12.8. The molecule has 0 aliphatic carbocycles. The molecule has 0 atom stereocenters. The normalized spacial score (nSPS) is 10.4. The Hall–Kier alpha value is -3.73. The zero-order chi connectivity index (χ0) is 21.0. The van der Waals surface area contributed by atoms with E-state index in [2.05, 4.69) is 21.3 Å². The fourth-order valence-corrected chi connectivity index (χ4v) is 2.59. The van der Waals surface area contributed by atoms with E-state index in [0.29, 0.717) is 11.3 Å². The second-order valence-corrected chi connectivity index (χ2v) is 6.54. The topological polar surface area (TPSA) is 119 Å². The number of hydrogen-bond acceptors (Lipinski definition) is 5. The van der Waals surface area contributed by atoms with E-state index in [0.717, 1.165) is 14.9 Å². The van der Waals surface area contributed by atoms with E-state index in [9.17, 15) is 14.0 Å². The number of aryl methyl sites for hydroxylation is 1. The molecule has 0 spiro atoms. The molecule has 0 bridgehead atoms. The van der Waals surface area contributed by atoms with Crippen LogP contribution in [0.3, 0.4) is 0 Å². The first-order chi connectivity index (χ1) is 13.8. The average Bonchev–Trinajstić information content (AvgIpc) is 2.97. The lowest BCUT2D eigenvalue weighted by atomic mass is 10.1. The lowest BCUT2D eigenvalue weighted by molar-refractivity contribution is -0.122. The maximum absolute atomic E-state index is 12.9. The molecule has 1 amide bonds. The van der Waals surface area contributed by atoms with Gasteiger partial charge in [-0.15, -0.1) is 5.10 Å². The second kappa shape index (κ2) is 8.52. The lowest BCUT2D eigenvalue weighted by Gasteiger charge is -2.11. The quantitative estimate of drug-likeness (QED) is 0.284. The minimum absolute atomic E-state index is 0.0852. The Bertz CT molecular complexity index is 1090. The Balaban J connectivity index is 1.60. The summed E-state index contributed by atoms with van der Waals surface area (Å²) in [6.07, 6.45) is 0. The Kier molecular flexibility index (Phi) is 5.88. The van der Waals surface area contributed by atoms with Crippen molar-refractivity contribution in [3.05, 3.63) is 70.4 Å². The summed E-state index contributed by atoms with van der Waals surface area (Å²) >= 11 is 5.04. The predicted octanol–water partition coefficient (Wildman–Crippen LogP) is 0.891. The van der Waals surface area contributed by atoms with Gasteiger partial charge >= 0.3 is 5.69 Å². The third-order valence-corrected chi connectivity index (χ3v) is 4.10. The Labute approximate surface area is 170 Å². The van der Waals surface area contributed by atoms with E-state index in [4.69, 9.17) is 18.1 Å². The summed E-state index contributed by atoms with van der Waals surface area (Å²) in [5, 5.41) is 6.98. The van der Waals surface area contributed by atoms with Crippen molar-refractivity contribution < 1.29 is 9.18 Å². The highest BCUT2D eigenvalue weighted by Crippen LogP contribution is 2.14. The van der Waals surface area contributed by atoms with Crippen LogP contribution in [0.4, 0.5) is 10.1 Å². The molecule has 29 heavy (non-hydrogen) atoms. The fraction of sp³-hybridized carbons (Fsp3) is 0.111. The number of carbonyl (C=O) groups is 1. The van der Waals surface area contributed by atoms with E-state index in [1.54, 1.807) is 12.1 Å². The highest BCUT2D eigenvalue weighted by molar-refractivity contribution is 7.80. The Morgan fingerprint density at radius 1 is 1.14 bits per heavy atom. The zero-order valence-electron chi connectivity index (χ0n) is 15.3. The highest BCUT2D eigenvalue weighted by atomic mass is 32.1. The number of anilines is 1. The van der Waals surface area contributed by atoms with Crippen molar-refractivity contribution in [2.24, 2.45) is 0 Å². The van der Waals surface area contributed by atoms with E-state index in [1.165, 1.54) is 24.3 Å². The van der Waals surface area contributed by atoms with Gasteiger partial charge in [-0.25, -0.2) is 13.9 Å². The molecule has 0 radical (unpaired) electrons. The third-order valence-electron chi connectivity index (χ3n) is 3.89. The van der Waals surface area contributed by atoms with Gasteiger partial charge in [0.15, 0.2) is 10.9 Å². The third kappa shape index (κ3) is 4.96. The standard InChI is InChI=1S/C18H18FN7O2S/c1-11-2-4-12(5-3-11)16-24-25(18(28)26(16)20)10-15(27)22-23-17(29)21-14-8-6-13(19)7-9-14/h2-9H,10,20H2,1H3,(H,22,27)(H2,21,23,29). The predicted molar refractivity (Wildman–Crippen MR) is 111 cm³/mol. The smallest absolute Gasteiger partial charge is 0.333 e. The van der Waals surface area contributed by atoms with Gasteiger partial charge in [-0.05, 0) is 43.4 Å². The number of nitrogen functional groups attached to an aromatic ring is 1. The maximum atomic E-state index is 12.9. The summed E-state index contributed by atoms with van der Waals surface area (Å²) < 4.78 is 14.7. The number of halogens is 1. The number of aromatic nitrogens is 3. The summed E-state index contributed by atoms with van der Waals surface area (Å²) in [5.41, 5.74) is 6.44. The van der Waals surface area contributed by atoms with Gasteiger partial charge in [0.25, 0.3) is 5.91 Å². The molecule has 150 valence electrons. The number of nitrogens with one attached hydrogen (secondary N) is 3. The molecule has 0 saturated carbocycles. The molecule has 0 fully saturated rings. The first kappa shape index (κ1) is 20.0. The second-order valence-electron chi connectivity index (χ2n) is 6.13. The number of nitrogens with two attached hydrogens (primary N) is 1. The van der Waals surface area contributed by atoms with Gasteiger partial charge in [-0.2, -0.15) is 4.68 Å². The van der Waals surface area contributed by atoms with Gasteiger partial charge in [0.2, 0.25) is 0 Å². The van der Waals surface area contributed by atoms with Crippen LogP contribution < -0.4 is 27.7 Å². The molecular weight excluding hydrogens is 397 g/mol. The molecular formula is C18H18FN7O2S. The van der Waals surface area contributed by atoms with Crippen molar-refractivity contribution in [1.82, 2.24) is 25.3 Å². The number of hydrazine groups is 1. The molecule has 0 aliphatic rings. The number of carbonyl (C=O) groups excluding carboxylic acids is 1. The minimum atomic E-state index is -0.636. The number of thiocarbonyl (C=S) groups is 1. The van der Waals surface area contributed by atoms with Crippen LogP contribution >= 0.6 is 12.2 Å². The lowest BCUT2D eigenvalue weighted by Crippen LogP contribution is -2.46. The van der Waals surface area contributed by atoms with Gasteiger partial charge < -0.3 is 11.2 Å². The van der Waals surface area contributed by atoms with Crippen LogP contribution in [0.15, 0.2) is 53.3 Å². The van der Waals surface area contributed by atoms with E-state index in [1.807, 2.05) is 19.1 Å². The molecule has 1 heterocycles. The zero-order valence-corrected chi connectivity index (χ0v) is 16.2. The minimum Gasteiger partial charge on any atom is -0.333 e. The molecule has 2 aromatic carbocycles. The molecule has 11 heteroatoms. The number of benzene rings is 2. The molecule has 3 aromatic rings. The first-order valence-electron chi connectivity index (χ1n) is 8.47. The molecule has 9 nitrogen and oxygen atoms in total. The number of amides is 1. The SMILES string of the molecule is Cc1ccc(-c2nn(CC(=O)NNC(=S)Nc3ccc(F)cc3)c(=O)n2N)cc1. The number of hydrogen-bond donors (Lipinski definition) is 4. The van der Waals surface area contributed by atoms with Crippen LogP contribution in [0.1, 0.15) is 5.56 Å². The molecule has 0 aliphatic heterocycles. The molecule has 5 N–H and O–H groups in total. The van der Waals surface area contributed by atoms with Crippen LogP contribution in [0.2, 0.25) is 0 Å². The summed E-state index contributed by atoms with van der Waals surface area (Å²) in [4.78, 5) is 24.3. The fourth-order valence-electron chi connectivity index (χ4n) is 2.42. The summed E-state index contributed by atoms with van der Waals surface area (Å²) in [5.74, 6) is 5.08. The van der Waals surface area contributed by atoms with Gasteiger partial charge in [0.05, 0.1) is 0 Å². The Morgan fingerprint density at radius 3 is 2.45 bits per heavy atom. The Morgan fingerprint density at radius 2 is 1.79 bits per heavy atom. The van der Waals surface area contributed by atoms with Crippen molar-refractivity contribution in [3.63, 3.8) is 0 Å². The van der Waals surface area contributed by atoms with Crippen LogP contribution in [-0.2, 0) is 11.3 Å². The average molecular weight is 415 g/mol. The number of nitrogens with zero attached hydrogens (tertiary/aromatic N) is 3. The first-order valence-corrected chi connectivity index (χ1v) is 8.87. The summed E-state index contributed by atoms with van der Waals surface area (Å²) in [6.45, 7) is 1.57. The van der Waals surface area contributed by atoms with Crippen molar-refractivity contribution >= 4 is 28.9 Å². The molecule has 0 saturated heterocycles. The number of rotatable bonds is 4. The van der Waals surface area contributed by atoms with Gasteiger partial charge in [-0.1, -0.05) is 29.8 Å². The largest absolute Gasteiger partial charge is 0.365 e. The molecule has 0 unspecified atom stereocenters. The molecule has 3 rings (SSSR count). The van der Waals surface area contributed by atoms with Gasteiger partial charge in [-0.3, -0.25) is 15.6 Å². The van der Waals surface area contributed by atoms with E-state index in [-0.39, 0.29) is 23.3 Å². The van der Waals surface area contributed by atoms with Crippen molar-refractivity contribution in [3.8, 4) is 11.4 Å². The van der Waals surface area contributed by atoms with Crippen LogP contribution in [0, 0.1) is 12.7 Å². The monoisotopic (exact) mass is 415 g/mol. The van der Waals surface area contributed by atoms with Crippen LogP contribution in [0.25, 0.3) is 11.4 Å². The molecule has 1 aromatic heterocycles. The van der Waals surface area contributed by atoms with Crippen LogP contribution in [-0.4, -0.2) is 25.5 Å². The van der Waals surface area contributed by atoms with Crippen molar-refractivity contribution in [2.45, 2.75) is 13.5 Å². The van der Waals surface area contributed by atoms with Crippen LogP contribution in [0.5, 0.6) is 0 Å². The summed E-state index contributed by atoms with van der Waals surface area (Å²) in [7, 11) is 0. The van der Waals surface area contributed by atoms with Crippen molar-refractivity contribution in [1.29, 1.82) is 0 Å². The maximum Gasteiger partial charge on any atom is 0.365 e. The van der Waals surface area contributed by atoms with Gasteiger partial charge in [0.1, 0.15) is 12.4 Å². The highest BCUT2D eigenvalue weighted by Gasteiger charge is 2.15.